The second-order valence-electron chi connectivity index (χ2n) is 4.24. The highest BCUT2D eigenvalue weighted by molar-refractivity contribution is 9.09. The summed E-state index contributed by atoms with van der Waals surface area (Å²) in [5.74, 6) is 0.518. The van der Waals surface area contributed by atoms with Gasteiger partial charge in [-0.3, -0.25) is 0 Å². The fraction of sp³-hybridized carbons (Fsp3) is 0.200. The number of hydrogen-bond acceptors (Lipinski definition) is 2. The van der Waals surface area contributed by atoms with Crippen LogP contribution < -0.4 is 9.47 Å². The van der Waals surface area contributed by atoms with Crippen LogP contribution >= 0.6 is 39.1 Å². The van der Waals surface area contributed by atoms with Crippen LogP contribution in [0.25, 0.3) is 0 Å². The van der Waals surface area contributed by atoms with Crippen LogP contribution in [0.2, 0.25) is 10.0 Å². The summed E-state index contributed by atoms with van der Waals surface area (Å²) in [5.41, 5.74) is 1.47. The second kappa shape index (κ2) is 6.86. The van der Waals surface area contributed by atoms with Crippen molar-refractivity contribution in [3.05, 3.63) is 57.3 Å². The Bertz CT molecular complexity index is 664. The molecule has 0 amide bonds. The van der Waals surface area contributed by atoms with Crippen molar-refractivity contribution in [2.45, 2.75) is 4.83 Å². The number of rotatable bonds is 4. The third kappa shape index (κ3) is 3.28. The molecular formula is C15H12BrCl2FO2. The van der Waals surface area contributed by atoms with Gasteiger partial charge in [-0.1, -0.05) is 51.3 Å². The highest BCUT2D eigenvalue weighted by Crippen LogP contribution is 2.44. The summed E-state index contributed by atoms with van der Waals surface area (Å²) in [6, 6.07) is 8.18. The minimum atomic E-state index is -0.475. The zero-order valence-corrected chi connectivity index (χ0v) is 14.4. The standard InChI is InChI=1S/C15H12BrCl2FO2/c1-20-12-6-4-9(15(21-2)14(12)18)13(16)8-3-5-10(17)11(19)7-8/h3-7,13H,1-2H3. The normalized spacial score (nSPS) is 12.1. The summed E-state index contributed by atoms with van der Waals surface area (Å²) < 4.78 is 24.1. The molecule has 0 N–H and O–H groups in total. The van der Waals surface area contributed by atoms with Gasteiger partial charge in [-0.15, -0.1) is 0 Å². The Labute approximate surface area is 140 Å². The molecule has 0 aliphatic rings. The number of alkyl halides is 1. The molecule has 0 heterocycles. The maximum atomic E-state index is 13.6. The van der Waals surface area contributed by atoms with Crippen molar-refractivity contribution < 1.29 is 13.9 Å². The maximum Gasteiger partial charge on any atom is 0.145 e. The van der Waals surface area contributed by atoms with Crippen molar-refractivity contribution in [3.63, 3.8) is 0 Å². The van der Waals surface area contributed by atoms with Gasteiger partial charge in [0.15, 0.2) is 0 Å². The molecule has 2 aromatic rings. The van der Waals surface area contributed by atoms with Crippen LogP contribution in [0.15, 0.2) is 30.3 Å². The minimum Gasteiger partial charge on any atom is -0.495 e. The quantitative estimate of drug-likeness (QED) is 0.626. The van der Waals surface area contributed by atoms with E-state index in [1.165, 1.54) is 26.4 Å². The largest absolute Gasteiger partial charge is 0.495 e. The lowest BCUT2D eigenvalue weighted by atomic mass is 10.0. The maximum absolute atomic E-state index is 13.6. The monoisotopic (exact) mass is 392 g/mol. The number of hydrogen-bond donors (Lipinski definition) is 0. The molecule has 21 heavy (non-hydrogen) atoms. The molecule has 0 saturated heterocycles. The van der Waals surface area contributed by atoms with Gasteiger partial charge in [-0.05, 0) is 23.8 Å². The third-order valence-electron chi connectivity index (χ3n) is 3.03. The number of ether oxygens (including phenoxy) is 2. The molecule has 2 aromatic carbocycles. The van der Waals surface area contributed by atoms with E-state index in [1.54, 1.807) is 12.1 Å². The fourth-order valence-electron chi connectivity index (χ4n) is 1.97. The van der Waals surface area contributed by atoms with E-state index in [2.05, 4.69) is 15.9 Å². The number of benzene rings is 2. The molecule has 0 radical (unpaired) electrons. The first-order valence-corrected chi connectivity index (χ1v) is 7.66. The lowest BCUT2D eigenvalue weighted by molar-refractivity contribution is 0.392. The van der Waals surface area contributed by atoms with Gasteiger partial charge in [-0.2, -0.15) is 0 Å². The zero-order chi connectivity index (χ0) is 15.6. The lowest BCUT2D eigenvalue weighted by Crippen LogP contribution is -2.00. The summed E-state index contributed by atoms with van der Waals surface area (Å²) in [4.78, 5) is -0.289. The summed E-state index contributed by atoms with van der Waals surface area (Å²) >= 11 is 15.5. The Morgan fingerprint density at radius 3 is 2.38 bits per heavy atom. The van der Waals surface area contributed by atoms with Gasteiger partial charge in [0.25, 0.3) is 0 Å². The Morgan fingerprint density at radius 1 is 1.10 bits per heavy atom. The van der Waals surface area contributed by atoms with Gasteiger partial charge < -0.3 is 9.47 Å². The number of methoxy groups -OCH3 is 2. The molecular weight excluding hydrogens is 382 g/mol. The predicted molar refractivity (Wildman–Crippen MR) is 86.7 cm³/mol. The molecule has 2 nitrogen and oxygen atoms in total. The van der Waals surface area contributed by atoms with E-state index in [9.17, 15) is 4.39 Å². The topological polar surface area (TPSA) is 18.5 Å². The highest BCUT2D eigenvalue weighted by Gasteiger charge is 2.20. The van der Waals surface area contributed by atoms with E-state index < -0.39 is 5.82 Å². The van der Waals surface area contributed by atoms with Crippen LogP contribution in [-0.4, -0.2) is 14.2 Å². The van der Waals surface area contributed by atoms with Gasteiger partial charge >= 0.3 is 0 Å². The van der Waals surface area contributed by atoms with Crippen molar-refractivity contribution in [1.29, 1.82) is 0 Å². The van der Waals surface area contributed by atoms with E-state index in [1.807, 2.05) is 6.07 Å². The predicted octanol–water partition coefficient (Wildman–Crippen LogP) is 5.63. The van der Waals surface area contributed by atoms with E-state index in [-0.39, 0.29) is 9.85 Å². The van der Waals surface area contributed by atoms with Crippen molar-refractivity contribution in [1.82, 2.24) is 0 Å². The van der Waals surface area contributed by atoms with Crippen LogP contribution in [0.5, 0.6) is 11.5 Å². The molecule has 0 aliphatic carbocycles. The van der Waals surface area contributed by atoms with E-state index in [0.717, 1.165) is 5.56 Å². The van der Waals surface area contributed by atoms with Crippen molar-refractivity contribution in [2.75, 3.05) is 14.2 Å². The Morgan fingerprint density at radius 2 is 1.81 bits per heavy atom. The molecule has 0 bridgehead atoms. The van der Waals surface area contributed by atoms with E-state index in [4.69, 9.17) is 32.7 Å². The molecule has 0 spiro atoms. The van der Waals surface area contributed by atoms with Gasteiger partial charge in [0.2, 0.25) is 0 Å². The van der Waals surface area contributed by atoms with Crippen LogP contribution in [0.4, 0.5) is 4.39 Å². The Balaban J connectivity index is 2.50. The van der Waals surface area contributed by atoms with Crippen molar-refractivity contribution in [2.24, 2.45) is 0 Å². The smallest absolute Gasteiger partial charge is 0.145 e. The van der Waals surface area contributed by atoms with Gasteiger partial charge in [0.05, 0.1) is 24.1 Å². The minimum absolute atomic E-state index is 0.0816. The fourth-order valence-corrected chi connectivity index (χ4v) is 3.06. The first kappa shape index (κ1) is 16.4. The third-order valence-corrected chi connectivity index (χ3v) is 4.71. The Hall–Kier alpha value is -0.970. The molecule has 1 unspecified atom stereocenters. The van der Waals surface area contributed by atoms with Crippen molar-refractivity contribution in [3.8, 4) is 11.5 Å². The van der Waals surface area contributed by atoms with Crippen LogP contribution in [-0.2, 0) is 0 Å². The van der Waals surface area contributed by atoms with Gasteiger partial charge in [-0.25, -0.2) is 4.39 Å². The average molecular weight is 394 g/mol. The first-order valence-electron chi connectivity index (χ1n) is 5.99. The second-order valence-corrected chi connectivity index (χ2v) is 5.94. The van der Waals surface area contributed by atoms with Crippen LogP contribution in [0, 0.1) is 5.82 Å². The molecule has 2 rings (SSSR count). The molecule has 0 saturated carbocycles. The molecule has 112 valence electrons. The first-order chi connectivity index (χ1) is 9.99. The summed E-state index contributed by atoms with van der Waals surface area (Å²) in [6.45, 7) is 0. The van der Waals surface area contributed by atoms with Gasteiger partial charge in [0.1, 0.15) is 22.3 Å². The molecule has 0 fully saturated rings. The van der Waals surface area contributed by atoms with Crippen LogP contribution in [0.1, 0.15) is 16.0 Å². The molecule has 0 aromatic heterocycles. The van der Waals surface area contributed by atoms with E-state index in [0.29, 0.717) is 22.1 Å². The Kier molecular flexibility index (Phi) is 5.36. The molecule has 6 heteroatoms. The SMILES string of the molecule is COc1ccc(C(Br)c2ccc(Cl)c(F)c2)c(OC)c1Cl. The number of halogens is 4. The van der Waals surface area contributed by atoms with Crippen molar-refractivity contribution >= 4 is 39.1 Å². The van der Waals surface area contributed by atoms with Crippen LogP contribution in [0.3, 0.4) is 0 Å². The van der Waals surface area contributed by atoms with Gasteiger partial charge in [0, 0.05) is 5.56 Å². The lowest BCUT2D eigenvalue weighted by Gasteiger charge is -2.17. The van der Waals surface area contributed by atoms with E-state index >= 15 is 0 Å². The zero-order valence-electron chi connectivity index (χ0n) is 11.3. The molecule has 1 atom stereocenters. The molecule has 0 aliphatic heterocycles. The summed E-state index contributed by atoms with van der Waals surface area (Å²) in [5, 5.41) is 0.453. The summed E-state index contributed by atoms with van der Waals surface area (Å²) in [6.07, 6.45) is 0. The average Bonchev–Trinajstić information content (AvgIpc) is 2.49. The highest BCUT2D eigenvalue weighted by atomic mass is 79.9. The summed E-state index contributed by atoms with van der Waals surface area (Å²) in [7, 11) is 3.05.